The molecule has 0 saturated heterocycles. The highest BCUT2D eigenvalue weighted by Gasteiger charge is 2.12. The van der Waals surface area contributed by atoms with Gasteiger partial charge in [-0.25, -0.2) is 8.78 Å². The van der Waals surface area contributed by atoms with E-state index in [4.69, 9.17) is 0 Å². The predicted octanol–water partition coefficient (Wildman–Crippen LogP) is 5.30. The van der Waals surface area contributed by atoms with Gasteiger partial charge < -0.3 is 0 Å². The van der Waals surface area contributed by atoms with Crippen molar-refractivity contribution in [3.63, 3.8) is 0 Å². The minimum Gasteiger partial charge on any atom is -0.203 e. The zero-order valence-corrected chi connectivity index (χ0v) is 10.2. The highest BCUT2D eigenvalue weighted by Crippen LogP contribution is 2.26. The van der Waals surface area contributed by atoms with E-state index in [0.29, 0.717) is 16.7 Å². The fourth-order valence-electron chi connectivity index (χ4n) is 1.86. The molecule has 0 nitrogen and oxygen atoms in total. The average molecular weight is 260 g/mol. The number of benzene rings is 2. The first kappa shape index (κ1) is 15.1. The molecule has 2 heteroatoms. The van der Waals surface area contributed by atoms with Gasteiger partial charge in [0.25, 0.3) is 0 Å². The highest BCUT2D eigenvalue weighted by molar-refractivity contribution is 5.65. The molecule has 0 spiro atoms. The third-order valence-electron chi connectivity index (χ3n) is 2.92. The summed E-state index contributed by atoms with van der Waals surface area (Å²) in [6.07, 6.45) is 2.58. The van der Waals surface area contributed by atoms with Gasteiger partial charge in [-0.05, 0) is 30.0 Å². The zero-order valence-electron chi connectivity index (χ0n) is 10.2. The number of rotatable bonds is 3. The lowest BCUT2D eigenvalue weighted by molar-refractivity contribution is 0.505. The van der Waals surface area contributed by atoms with E-state index < -0.39 is 11.6 Å². The van der Waals surface area contributed by atoms with E-state index in [0.717, 1.165) is 12.0 Å². The van der Waals surface area contributed by atoms with Crippen molar-refractivity contribution in [3.05, 3.63) is 71.8 Å². The smallest absolute Gasteiger partial charge is 0.166 e. The van der Waals surface area contributed by atoms with E-state index in [2.05, 4.69) is 6.58 Å². The molecule has 0 aromatic heterocycles. The van der Waals surface area contributed by atoms with Gasteiger partial charge in [0.2, 0.25) is 0 Å². The quantitative estimate of drug-likeness (QED) is 0.656. The maximum atomic E-state index is 13.8. The minimum absolute atomic E-state index is 0. The lowest BCUT2D eigenvalue weighted by Gasteiger charge is -2.07. The van der Waals surface area contributed by atoms with Crippen LogP contribution in [0, 0.1) is 18.6 Å². The first-order valence-electron chi connectivity index (χ1n) is 5.78. The third-order valence-corrected chi connectivity index (χ3v) is 2.92. The average Bonchev–Trinajstić information content (AvgIpc) is 2.38. The summed E-state index contributed by atoms with van der Waals surface area (Å²) in [6.45, 7) is 5.21. The number of hydrogen-bond donors (Lipinski definition) is 0. The molecule has 0 unspecified atom stereocenters. The second kappa shape index (κ2) is 6.28. The Morgan fingerprint density at radius 1 is 1.00 bits per heavy atom. The maximum Gasteiger partial charge on any atom is 0.166 e. The van der Waals surface area contributed by atoms with Crippen molar-refractivity contribution in [3.8, 4) is 11.1 Å². The Morgan fingerprint density at radius 2 is 1.63 bits per heavy atom. The molecule has 2 aromatic carbocycles. The molecule has 0 radical (unpaired) electrons. The molecule has 0 N–H and O–H groups in total. The Kier molecular flexibility index (Phi) is 4.99. The van der Waals surface area contributed by atoms with Crippen LogP contribution < -0.4 is 0 Å². The zero-order chi connectivity index (χ0) is 13.1. The first-order chi connectivity index (χ1) is 8.63. The van der Waals surface area contributed by atoms with Crippen molar-refractivity contribution in [2.45, 2.75) is 20.8 Å². The summed E-state index contributed by atoms with van der Waals surface area (Å²) in [6, 6.07) is 10.6. The number of aryl methyl sites for hydroxylation is 1. The van der Waals surface area contributed by atoms with Crippen molar-refractivity contribution in [2.75, 3.05) is 0 Å². The van der Waals surface area contributed by atoms with Gasteiger partial charge in [-0.15, -0.1) is 6.58 Å². The van der Waals surface area contributed by atoms with Gasteiger partial charge >= 0.3 is 0 Å². The van der Waals surface area contributed by atoms with Crippen LogP contribution in [0.5, 0.6) is 0 Å². The molecule has 0 aliphatic rings. The summed E-state index contributed by atoms with van der Waals surface area (Å²) in [5.74, 6) is -1.56. The summed E-state index contributed by atoms with van der Waals surface area (Å²) in [7, 11) is 0. The highest BCUT2D eigenvalue weighted by atomic mass is 19.2. The third kappa shape index (κ3) is 3.08. The first-order valence-corrected chi connectivity index (χ1v) is 5.78. The monoisotopic (exact) mass is 260 g/mol. The summed E-state index contributed by atoms with van der Waals surface area (Å²) in [4.78, 5) is 0. The Morgan fingerprint density at radius 3 is 2.21 bits per heavy atom. The van der Waals surface area contributed by atoms with Crippen molar-refractivity contribution in [2.24, 2.45) is 0 Å². The molecule has 2 aromatic rings. The summed E-state index contributed by atoms with van der Waals surface area (Å²) >= 11 is 0. The molecule has 2 rings (SSSR count). The van der Waals surface area contributed by atoms with Crippen molar-refractivity contribution >= 4 is 0 Å². The van der Waals surface area contributed by atoms with Gasteiger partial charge in [-0.2, -0.15) is 0 Å². The second-order valence-corrected chi connectivity index (χ2v) is 4.25. The lowest BCUT2D eigenvalue weighted by Crippen LogP contribution is -1.93. The van der Waals surface area contributed by atoms with Crippen LogP contribution in [0.1, 0.15) is 18.6 Å². The Bertz CT molecular complexity index is 569. The second-order valence-electron chi connectivity index (χ2n) is 4.25. The summed E-state index contributed by atoms with van der Waals surface area (Å²) < 4.78 is 27.3. The molecular formula is C17H18F2. The van der Waals surface area contributed by atoms with Crippen LogP contribution in [-0.2, 0) is 6.42 Å². The molecule has 0 amide bonds. The van der Waals surface area contributed by atoms with E-state index >= 15 is 0 Å². The summed E-state index contributed by atoms with van der Waals surface area (Å²) in [5, 5.41) is 0. The fourth-order valence-corrected chi connectivity index (χ4v) is 1.86. The number of halogens is 2. The largest absolute Gasteiger partial charge is 0.203 e. The molecule has 0 fully saturated rings. The van der Waals surface area contributed by atoms with Gasteiger partial charge in [-0.1, -0.05) is 49.9 Å². The van der Waals surface area contributed by atoms with Crippen LogP contribution in [0.25, 0.3) is 11.1 Å². The molecule has 0 aliphatic heterocycles. The van der Waals surface area contributed by atoms with Crippen molar-refractivity contribution in [1.82, 2.24) is 0 Å². The van der Waals surface area contributed by atoms with Gasteiger partial charge in [-0.3, -0.25) is 0 Å². The molecule has 0 heterocycles. The topological polar surface area (TPSA) is 0 Å². The van der Waals surface area contributed by atoms with Crippen LogP contribution >= 0.6 is 0 Å². The molecular weight excluding hydrogens is 242 g/mol. The van der Waals surface area contributed by atoms with E-state index in [9.17, 15) is 8.78 Å². The molecule has 0 atom stereocenters. The summed E-state index contributed by atoms with van der Waals surface area (Å²) in [5.41, 5.74) is 2.39. The van der Waals surface area contributed by atoms with Crippen LogP contribution in [0.2, 0.25) is 0 Å². The molecule has 19 heavy (non-hydrogen) atoms. The number of allylic oxidation sites excluding steroid dienone is 1. The molecule has 0 saturated carbocycles. The van der Waals surface area contributed by atoms with Crippen molar-refractivity contribution in [1.29, 1.82) is 0 Å². The SMILES string of the molecule is C.C=CCc1ccc(-c2ccc(C)c(F)c2F)cc1. The molecule has 100 valence electrons. The van der Waals surface area contributed by atoms with E-state index in [1.54, 1.807) is 37.3 Å². The Labute approximate surface area is 113 Å². The van der Waals surface area contributed by atoms with Crippen LogP contribution in [0.3, 0.4) is 0 Å². The van der Waals surface area contributed by atoms with E-state index in [1.165, 1.54) is 0 Å². The van der Waals surface area contributed by atoms with E-state index in [1.807, 2.05) is 12.1 Å². The normalized spacial score (nSPS) is 9.84. The van der Waals surface area contributed by atoms with Gasteiger partial charge in [0.1, 0.15) is 0 Å². The lowest BCUT2D eigenvalue weighted by atomic mass is 10.0. The van der Waals surface area contributed by atoms with Gasteiger partial charge in [0.15, 0.2) is 11.6 Å². The van der Waals surface area contributed by atoms with E-state index in [-0.39, 0.29) is 7.43 Å². The van der Waals surface area contributed by atoms with Crippen LogP contribution in [0.15, 0.2) is 49.1 Å². The van der Waals surface area contributed by atoms with Crippen LogP contribution in [0.4, 0.5) is 8.78 Å². The van der Waals surface area contributed by atoms with Gasteiger partial charge in [0.05, 0.1) is 0 Å². The standard InChI is InChI=1S/C16H14F2.CH4/c1-3-4-12-6-8-13(9-7-12)14-10-5-11(2)15(17)16(14)18;/h3,5-10H,1,4H2,2H3;1H4. The molecule has 0 aliphatic carbocycles. The predicted molar refractivity (Wildman–Crippen MR) is 77.2 cm³/mol. The van der Waals surface area contributed by atoms with Crippen LogP contribution in [-0.4, -0.2) is 0 Å². The Hall–Kier alpha value is -1.96. The van der Waals surface area contributed by atoms with Gasteiger partial charge in [0, 0.05) is 5.56 Å². The number of hydrogen-bond acceptors (Lipinski definition) is 0. The fraction of sp³-hybridized carbons (Fsp3) is 0.176. The Balaban J connectivity index is 0.00000180. The maximum absolute atomic E-state index is 13.8. The van der Waals surface area contributed by atoms with Crippen molar-refractivity contribution < 1.29 is 8.78 Å². The minimum atomic E-state index is -0.786. The molecule has 0 bridgehead atoms.